The predicted molar refractivity (Wildman–Crippen MR) is 108 cm³/mol. The predicted octanol–water partition coefficient (Wildman–Crippen LogP) is 4.72. The van der Waals surface area contributed by atoms with E-state index in [1.807, 2.05) is 6.07 Å². The number of phenols is 1. The number of phenolic OH excluding ortho intramolecular Hbond substituents is 1. The van der Waals surface area contributed by atoms with Crippen LogP contribution in [0.25, 0.3) is 16.6 Å². The van der Waals surface area contributed by atoms with E-state index < -0.39 is 11.9 Å². The molecule has 1 saturated heterocycles. The van der Waals surface area contributed by atoms with Gasteiger partial charge in [0.05, 0.1) is 24.6 Å². The molecule has 0 bridgehead atoms. The van der Waals surface area contributed by atoms with Crippen LogP contribution in [0.5, 0.6) is 5.75 Å². The fraction of sp³-hybridized carbons (Fsp3) is 0.348. The van der Waals surface area contributed by atoms with Crippen LogP contribution in [0.3, 0.4) is 0 Å². The summed E-state index contributed by atoms with van der Waals surface area (Å²) in [7, 11) is 0. The fourth-order valence-electron chi connectivity index (χ4n) is 4.41. The Morgan fingerprint density at radius 1 is 1.21 bits per heavy atom. The van der Waals surface area contributed by atoms with Gasteiger partial charge in [-0.15, -0.1) is 0 Å². The molecule has 1 aliphatic rings. The summed E-state index contributed by atoms with van der Waals surface area (Å²) >= 11 is 0. The summed E-state index contributed by atoms with van der Waals surface area (Å²) in [6, 6.07) is 10.1. The van der Waals surface area contributed by atoms with Gasteiger partial charge in [-0.05, 0) is 60.4 Å². The maximum absolute atomic E-state index is 13.9. The lowest BCUT2D eigenvalue weighted by atomic mass is 9.85. The van der Waals surface area contributed by atoms with Crippen LogP contribution in [-0.2, 0) is 9.53 Å². The van der Waals surface area contributed by atoms with Crippen LogP contribution in [-0.4, -0.2) is 34.0 Å². The van der Waals surface area contributed by atoms with E-state index in [0.29, 0.717) is 12.2 Å². The first-order valence-electron chi connectivity index (χ1n) is 9.74. The van der Waals surface area contributed by atoms with Gasteiger partial charge in [-0.3, -0.25) is 4.79 Å². The lowest BCUT2D eigenvalue weighted by Crippen LogP contribution is -2.21. The van der Waals surface area contributed by atoms with Crippen LogP contribution in [0.1, 0.15) is 42.5 Å². The van der Waals surface area contributed by atoms with E-state index >= 15 is 0 Å². The number of halogens is 1. The zero-order valence-corrected chi connectivity index (χ0v) is 16.6. The molecule has 3 aromatic rings. The number of carboxylic acid groups (broad SMARTS) is 1. The first kappa shape index (κ1) is 19.5. The molecule has 0 aliphatic carbocycles. The monoisotopic (exact) mass is 397 g/mol. The minimum Gasteiger partial charge on any atom is -0.508 e. The van der Waals surface area contributed by atoms with Crippen LogP contribution >= 0.6 is 0 Å². The average molecular weight is 397 g/mol. The number of benzene rings is 2. The Kier molecular flexibility index (Phi) is 4.82. The number of carboxylic acids is 1. The van der Waals surface area contributed by atoms with Gasteiger partial charge in [0.2, 0.25) is 0 Å². The number of rotatable bonds is 4. The van der Waals surface area contributed by atoms with Crippen molar-refractivity contribution in [1.29, 1.82) is 0 Å². The van der Waals surface area contributed by atoms with Crippen molar-refractivity contribution in [3.63, 3.8) is 0 Å². The number of carbonyl (C=O) groups is 1. The highest BCUT2D eigenvalue weighted by molar-refractivity contribution is 5.90. The molecule has 0 radical (unpaired) electrons. The molecular formula is C23H24FNO4. The van der Waals surface area contributed by atoms with Crippen molar-refractivity contribution < 1.29 is 24.1 Å². The fourth-order valence-corrected chi connectivity index (χ4v) is 4.41. The van der Waals surface area contributed by atoms with Crippen LogP contribution in [0, 0.1) is 18.7 Å². The second kappa shape index (κ2) is 7.19. The summed E-state index contributed by atoms with van der Waals surface area (Å²) in [5, 5.41) is 20.7. The molecule has 6 heteroatoms. The first-order valence-corrected chi connectivity index (χ1v) is 9.74. The quantitative estimate of drug-likeness (QED) is 0.668. The number of nitrogens with zero attached hydrogens (tertiary/aromatic N) is 1. The summed E-state index contributed by atoms with van der Waals surface area (Å²) in [6.45, 7) is 6.30. The van der Waals surface area contributed by atoms with Crippen LogP contribution < -0.4 is 0 Å². The molecule has 1 fully saturated rings. The van der Waals surface area contributed by atoms with Crippen molar-refractivity contribution in [1.82, 2.24) is 4.57 Å². The summed E-state index contributed by atoms with van der Waals surface area (Å²) in [5.41, 5.74) is 4.03. The Morgan fingerprint density at radius 2 is 1.97 bits per heavy atom. The van der Waals surface area contributed by atoms with E-state index in [-0.39, 0.29) is 30.0 Å². The van der Waals surface area contributed by atoms with Crippen molar-refractivity contribution >= 4 is 16.9 Å². The maximum atomic E-state index is 13.9. The number of aromatic nitrogens is 1. The second-order valence-corrected chi connectivity index (χ2v) is 8.01. The zero-order chi connectivity index (χ0) is 20.9. The average Bonchev–Trinajstić information content (AvgIpc) is 3.26. The van der Waals surface area contributed by atoms with Gasteiger partial charge in [-0.1, -0.05) is 13.8 Å². The summed E-state index contributed by atoms with van der Waals surface area (Å²) in [6.07, 6.45) is 0. The van der Waals surface area contributed by atoms with Crippen molar-refractivity contribution in [2.75, 3.05) is 13.2 Å². The van der Waals surface area contributed by atoms with Crippen molar-refractivity contribution in [3.05, 3.63) is 59.0 Å². The lowest BCUT2D eigenvalue weighted by molar-refractivity contribution is -0.142. The number of ether oxygens (including phenoxy) is 1. The Bertz CT molecular complexity index is 1100. The number of hydrogen-bond donors (Lipinski definition) is 2. The highest BCUT2D eigenvalue weighted by Crippen LogP contribution is 2.44. The first-order chi connectivity index (χ1) is 13.8. The summed E-state index contributed by atoms with van der Waals surface area (Å²) in [4.78, 5) is 11.9. The lowest BCUT2D eigenvalue weighted by Gasteiger charge is -2.20. The van der Waals surface area contributed by atoms with E-state index in [1.165, 1.54) is 6.07 Å². The molecule has 5 nitrogen and oxygen atoms in total. The highest BCUT2D eigenvalue weighted by atomic mass is 19.1. The van der Waals surface area contributed by atoms with E-state index in [9.17, 15) is 19.4 Å². The van der Waals surface area contributed by atoms with Gasteiger partial charge >= 0.3 is 5.97 Å². The number of fused-ring (bicyclic) bond motifs is 1. The minimum absolute atomic E-state index is 0.0694. The molecule has 2 heterocycles. The standard InChI is InChI=1S/C23H24FNO4/c1-12(2)22-21(17-10-29-11-18(17)23(27)28)16-9-15(26)5-7-20(16)25(22)14-4-6-19(24)13(3)8-14/h4-9,12,17-18,26H,10-11H2,1-3H3,(H,27,28)/t17-,18+/m1/s1. The molecule has 0 spiro atoms. The van der Waals surface area contributed by atoms with Gasteiger partial charge in [-0.25, -0.2) is 4.39 Å². The highest BCUT2D eigenvalue weighted by Gasteiger charge is 2.39. The molecule has 1 aromatic heterocycles. The van der Waals surface area contributed by atoms with E-state index in [4.69, 9.17) is 4.74 Å². The second-order valence-electron chi connectivity index (χ2n) is 8.01. The molecule has 2 aromatic carbocycles. The Labute approximate surface area is 168 Å². The molecule has 0 saturated carbocycles. The molecular weight excluding hydrogens is 373 g/mol. The van der Waals surface area contributed by atoms with E-state index in [1.54, 1.807) is 31.2 Å². The Hall–Kier alpha value is -2.86. The molecule has 2 N–H and O–H groups in total. The smallest absolute Gasteiger partial charge is 0.309 e. The van der Waals surface area contributed by atoms with Crippen molar-refractivity contribution in [3.8, 4) is 11.4 Å². The molecule has 0 unspecified atom stereocenters. The maximum Gasteiger partial charge on any atom is 0.309 e. The third-order valence-electron chi connectivity index (χ3n) is 5.74. The molecule has 152 valence electrons. The molecule has 4 rings (SSSR count). The minimum atomic E-state index is -0.888. The van der Waals surface area contributed by atoms with Crippen molar-refractivity contribution in [2.24, 2.45) is 5.92 Å². The third-order valence-corrected chi connectivity index (χ3v) is 5.74. The summed E-state index contributed by atoms with van der Waals surface area (Å²) in [5.74, 6) is -1.95. The molecule has 29 heavy (non-hydrogen) atoms. The van der Waals surface area contributed by atoms with Gasteiger partial charge < -0.3 is 19.5 Å². The van der Waals surface area contributed by atoms with E-state index in [2.05, 4.69) is 18.4 Å². The zero-order valence-electron chi connectivity index (χ0n) is 16.6. The van der Waals surface area contributed by atoms with E-state index in [0.717, 1.165) is 27.8 Å². The third kappa shape index (κ3) is 3.17. The van der Waals surface area contributed by atoms with Crippen LogP contribution in [0.2, 0.25) is 0 Å². The van der Waals surface area contributed by atoms with Crippen molar-refractivity contribution in [2.45, 2.75) is 32.6 Å². The van der Waals surface area contributed by atoms with Crippen LogP contribution in [0.4, 0.5) is 4.39 Å². The number of aliphatic carboxylic acids is 1. The van der Waals surface area contributed by atoms with Gasteiger partial charge in [0.1, 0.15) is 11.6 Å². The normalized spacial score (nSPS) is 19.3. The Balaban J connectivity index is 2.07. The topological polar surface area (TPSA) is 71.7 Å². The van der Waals surface area contributed by atoms with Gasteiger partial charge in [0.15, 0.2) is 0 Å². The number of aryl methyl sites for hydroxylation is 1. The van der Waals surface area contributed by atoms with Gasteiger partial charge in [0.25, 0.3) is 0 Å². The molecule has 2 atom stereocenters. The summed E-state index contributed by atoms with van der Waals surface area (Å²) < 4.78 is 21.5. The van der Waals surface area contributed by atoms with Gasteiger partial charge in [0, 0.05) is 22.7 Å². The molecule has 0 amide bonds. The number of hydrogen-bond acceptors (Lipinski definition) is 3. The SMILES string of the molecule is Cc1cc(-n2c(C(C)C)c([C@@H]3COC[C@@H]3C(=O)O)c3cc(O)ccc32)ccc1F. The Morgan fingerprint density at radius 3 is 2.62 bits per heavy atom. The van der Waals surface area contributed by atoms with Gasteiger partial charge in [-0.2, -0.15) is 0 Å². The molecule has 1 aliphatic heterocycles. The number of aromatic hydroxyl groups is 1. The largest absolute Gasteiger partial charge is 0.508 e. The van der Waals surface area contributed by atoms with Crippen LogP contribution in [0.15, 0.2) is 36.4 Å².